The quantitative estimate of drug-likeness (QED) is 0.163. The van der Waals surface area contributed by atoms with Gasteiger partial charge in [-0.05, 0) is 37.1 Å². The lowest BCUT2D eigenvalue weighted by molar-refractivity contribution is -0.658. The topological polar surface area (TPSA) is 165 Å². The molecule has 0 aromatic heterocycles. The summed E-state index contributed by atoms with van der Waals surface area (Å²) in [5.41, 5.74) is 0.674. The fourth-order valence-corrected chi connectivity index (χ4v) is 9.06. The van der Waals surface area contributed by atoms with Crippen molar-refractivity contribution in [2.24, 2.45) is 0 Å². The molecule has 0 saturated carbocycles. The molecule has 1 unspecified atom stereocenters. The van der Waals surface area contributed by atoms with Crippen LogP contribution in [0.3, 0.4) is 0 Å². The fourth-order valence-electron chi connectivity index (χ4n) is 5.72. The minimum absolute atomic E-state index is 0. The lowest BCUT2D eigenvalue weighted by Gasteiger charge is -2.33. The average Bonchev–Trinajstić information content (AvgIpc) is 3.77. The van der Waals surface area contributed by atoms with Crippen LogP contribution in [0.2, 0.25) is 0 Å². The Balaban J connectivity index is 0.00000552. The van der Waals surface area contributed by atoms with Gasteiger partial charge in [-0.3, -0.25) is 24.0 Å². The molecule has 14 heteroatoms. The second-order valence-corrected chi connectivity index (χ2v) is 13.8. The van der Waals surface area contributed by atoms with Crippen LogP contribution in [-0.2, 0) is 28.4 Å². The number of nitrogens with two attached hydrogens (primary N) is 1. The number of likely N-dealkylation sites (tertiary alicyclic amines) is 1. The first kappa shape index (κ1) is 35.7. The van der Waals surface area contributed by atoms with Gasteiger partial charge in [-0.25, -0.2) is 0 Å². The molecule has 45 heavy (non-hydrogen) atoms. The van der Waals surface area contributed by atoms with E-state index in [-0.39, 0.29) is 62.1 Å². The lowest BCUT2D eigenvalue weighted by Crippen LogP contribution is -3.00. The number of carbonyl (C=O) groups is 5. The van der Waals surface area contributed by atoms with E-state index in [9.17, 15) is 24.0 Å². The van der Waals surface area contributed by atoms with Gasteiger partial charge in [-0.15, -0.1) is 0 Å². The Morgan fingerprint density at radius 3 is 1.71 bits per heavy atom. The molecule has 0 radical (unpaired) electrons. The highest BCUT2D eigenvalue weighted by atomic mass is 35.5. The summed E-state index contributed by atoms with van der Waals surface area (Å²) in [6.07, 6.45) is 3.10. The molecule has 0 aliphatic carbocycles. The van der Waals surface area contributed by atoms with Gasteiger partial charge >= 0.3 is 11.9 Å². The Bertz CT molecular complexity index is 1330. The van der Waals surface area contributed by atoms with Crippen LogP contribution in [0.25, 0.3) is 0 Å². The normalized spacial score (nSPS) is 17.6. The van der Waals surface area contributed by atoms with Crippen molar-refractivity contribution in [3.63, 3.8) is 0 Å². The van der Waals surface area contributed by atoms with E-state index in [1.54, 1.807) is 53.4 Å². The number of halogens is 1. The molecular weight excluding hydrogens is 623 g/mol. The number of rotatable bonds is 12. The van der Waals surface area contributed by atoms with E-state index in [1.165, 1.54) is 14.2 Å². The first-order valence-corrected chi connectivity index (χ1v) is 16.6. The summed E-state index contributed by atoms with van der Waals surface area (Å²) in [7, 11) is -0.934. The number of amides is 3. The maximum atomic E-state index is 15.4. The Morgan fingerprint density at radius 1 is 0.800 bits per heavy atom. The molecule has 2 fully saturated rings. The zero-order valence-corrected chi connectivity index (χ0v) is 27.1. The highest BCUT2D eigenvalue weighted by Crippen LogP contribution is 2.53. The monoisotopic (exact) mass is 662 g/mol. The molecule has 0 bridgehead atoms. The van der Waals surface area contributed by atoms with E-state index in [0.717, 1.165) is 19.4 Å². The highest BCUT2D eigenvalue weighted by molar-refractivity contribution is 7.79. The largest absolute Gasteiger partial charge is 1.00 e. The molecule has 3 amide bonds. The smallest absolute Gasteiger partial charge is 0.307 e. The van der Waals surface area contributed by atoms with Crippen molar-refractivity contribution in [1.82, 2.24) is 15.5 Å². The summed E-state index contributed by atoms with van der Waals surface area (Å²) in [5, 5.41) is 8.39. The molecule has 12 nitrogen and oxygen atoms in total. The second kappa shape index (κ2) is 16.5. The average molecular weight is 663 g/mol. The van der Waals surface area contributed by atoms with Crippen molar-refractivity contribution in [3.8, 4) is 0 Å². The van der Waals surface area contributed by atoms with Gasteiger partial charge in [0.15, 0.2) is 13.2 Å². The molecule has 2 atom stereocenters. The van der Waals surface area contributed by atoms with Crippen molar-refractivity contribution in [1.29, 1.82) is 0 Å². The summed E-state index contributed by atoms with van der Waals surface area (Å²) in [4.78, 5) is 63.4. The SMILES string of the molecule is COC(=O)CCNC(=O)c1ccc(P(=O)(c2ccc(C(=O)NCCC(=O)OC)cc2)C2CCCN2C(=O)[C@@H]2CCC[NH2+]2)cc1.[Cl-]. The third kappa shape index (κ3) is 8.51. The first-order chi connectivity index (χ1) is 21.2. The molecule has 2 aliphatic heterocycles. The van der Waals surface area contributed by atoms with Gasteiger partial charge in [-0.1, -0.05) is 24.3 Å². The van der Waals surface area contributed by atoms with Crippen molar-refractivity contribution < 1.29 is 55.7 Å². The molecule has 2 aromatic rings. The predicted octanol–water partition coefficient (Wildman–Crippen LogP) is -2.74. The van der Waals surface area contributed by atoms with Crippen LogP contribution >= 0.6 is 7.14 Å². The third-order valence-corrected chi connectivity index (χ3v) is 11.6. The Morgan fingerprint density at radius 2 is 1.29 bits per heavy atom. The molecule has 2 saturated heterocycles. The van der Waals surface area contributed by atoms with Gasteiger partial charge in [0.2, 0.25) is 0 Å². The van der Waals surface area contributed by atoms with E-state index in [2.05, 4.69) is 20.1 Å². The molecule has 2 aromatic carbocycles. The summed E-state index contributed by atoms with van der Waals surface area (Å²) in [6.45, 7) is 1.63. The van der Waals surface area contributed by atoms with E-state index in [0.29, 0.717) is 41.1 Å². The number of methoxy groups -OCH3 is 2. The lowest BCUT2D eigenvalue weighted by atomic mass is 10.2. The zero-order chi connectivity index (χ0) is 31.7. The van der Waals surface area contributed by atoms with Gasteiger partial charge in [0.05, 0.1) is 39.4 Å². The summed E-state index contributed by atoms with van der Waals surface area (Å²) in [6, 6.07) is 12.8. The summed E-state index contributed by atoms with van der Waals surface area (Å²) >= 11 is 0. The molecule has 244 valence electrons. The van der Waals surface area contributed by atoms with Crippen molar-refractivity contribution in [2.75, 3.05) is 40.4 Å². The molecule has 2 heterocycles. The highest BCUT2D eigenvalue weighted by Gasteiger charge is 2.47. The molecular formula is C31H40ClN4O8P. The van der Waals surface area contributed by atoms with Crippen molar-refractivity contribution in [2.45, 2.75) is 50.3 Å². The minimum atomic E-state index is -3.49. The standard InChI is InChI=1S/C31H39N4O8P.ClH/c1-42-27(36)15-18-33-29(38)21-7-11-23(12-8-21)44(41,26-6-4-20-35(26)31(40)25-5-3-17-32-25)24-13-9-22(10-14-24)30(39)34-19-16-28(37)43-2;/h7-14,25-26,32H,3-6,15-20H2,1-2H3,(H,33,38)(H,34,39);1H/t25-,26?;/m0./s1. The van der Waals surface area contributed by atoms with Crippen LogP contribution in [-0.4, -0.2) is 86.8 Å². The van der Waals surface area contributed by atoms with Crippen LogP contribution < -0.4 is 39.0 Å². The maximum Gasteiger partial charge on any atom is 0.307 e. The number of nitrogens with zero attached hydrogens (tertiary/aromatic N) is 1. The number of nitrogens with one attached hydrogen (secondary N) is 2. The van der Waals surface area contributed by atoms with Gasteiger partial charge in [0, 0.05) is 54.2 Å². The van der Waals surface area contributed by atoms with Crippen molar-refractivity contribution >= 4 is 47.4 Å². The van der Waals surface area contributed by atoms with Gasteiger partial charge in [-0.2, -0.15) is 0 Å². The summed E-state index contributed by atoms with van der Waals surface area (Å²) in [5.74, 6) is -2.20. The van der Waals surface area contributed by atoms with Crippen LogP contribution in [0, 0.1) is 0 Å². The molecule has 2 aliphatic rings. The molecule has 4 N–H and O–H groups in total. The Kier molecular flexibility index (Phi) is 13.1. The van der Waals surface area contributed by atoms with E-state index in [1.807, 2.05) is 5.32 Å². The Hall–Kier alpha value is -3.73. The zero-order valence-electron chi connectivity index (χ0n) is 25.5. The number of hydrogen-bond donors (Lipinski definition) is 3. The number of esters is 2. The number of benzene rings is 2. The second-order valence-electron chi connectivity index (χ2n) is 10.8. The van der Waals surface area contributed by atoms with E-state index < -0.39 is 24.9 Å². The third-order valence-electron chi connectivity index (χ3n) is 8.12. The number of quaternary nitrogens is 1. The van der Waals surface area contributed by atoms with Crippen LogP contribution in [0.4, 0.5) is 0 Å². The molecule has 0 spiro atoms. The van der Waals surface area contributed by atoms with Crippen LogP contribution in [0.15, 0.2) is 48.5 Å². The predicted molar refractivity (Wildman–Crippen MR) is 162 cm³/mol. The van der Waals surface area contributed by atoms with Crippen molar-refractivity contribution in [3.05, 3.63) is 59.7 Å². The number of hydrogen-bond acceptors (Lipinski definition) is 8. The van der Waals surface area contributed by atoms with Gasteiger partial charge < -0.3 is 47.3 Å². The van der Waals surface area contributed by atoms with E-state index in [4.69, 9.17) is 0 Å². The van der Waals surface area contributed by atoms with Crippen LogP contribution in [0.5, 0.6) is 0 Å². The number of ether oxygens (including phenoxy) is 2. The first-order valence-electron chi connectivity index (χ1n) is 14.8. The number of carbonyl (C=O) groups excluding carboxylic acids is 5. The minimum Gasteiger partial charge on any atom is -1.00 e. The van der Waals surface area contributed by atoms with Gasteiger partial charge in [0.25, 0.3) is 17.7 Å². The van der Waals surface area contributed by atoms with Crippen LogP contribution in [0.1, 0.15) is 59.2 Å². The van der Waals surface area contributed by atoms with E-state index >= 15 is 4.57 Å². The molecule has 4 rings (SSSR count). The maximum absolute atomic E-state index is 15.4. The summed E-state index contributed by atoms with van der Waals surface area (Å²) < 4.78 is 24.6. The fraction of sp³-hybridized carbons (Fsp3) is 0.452. The Labute approximate surface area is 268 Å². The van der Waals surface area contributed by atoms with Gasteiger partial charge in [0.1, 0.15) is 0 Å².